The molecule has 0 heterocycles. The van der Waals surface area contributed by atoms with Crippen LogP contribution in [0.2, 0.25) is 0 Å². The molecule has 0 unspecified atom stereocenters. The molecule has 2 aromatic carbocycles. The number of anilines is 2. The van der Waals surface area contributed by atoms with Gasteiger partial charge in [0, 0.05) is 23.6 Å². The van der Waals surface area contributed by atoms with Crippen molar-refractivity contribution in [3.63, 3.8) is 0 Å². The summed E-state index contributed by atoms with van der Waals surface area (Å²) in [7, 11) is 3.11. The number of hydrogen-bond acceptors (Lipinski definition) is 5. The van der Waals surface area contributed by atoms with Crippen LogP contribution in [0.5, 0.6) is 11.5 Å². The van der Waals surface area contributed by atoms with Gasteiger partial charge < -0.3 is 20.1 Å². The topological polar surface area (TPSA) is 76.7 Å². The summed E-state index contributed by atoms with van der Waals surface area (Å²) in [6.07, 6.45) is 0. The Morgan fingerprint density at radius 3 is 2.32 bits per heavy atom. The summed E-state index contributed by atoms with van der Waals surface area (Å²) in [5.74, 6) is 1.19. The minimum Gasteiger partial charge on any atom is -0.497 e. The molecular formula is C18H20N2O4S. The largest absolute Gasteiger partial charge is 0.497 e. The minimum atomic E-state index is -0.150. The molecule has 2 aromatic rings. The lowest BCUT2D eigenvalue weighted by Crippen LogP contribution is -2.14. The van der Waals surface area contributed by atoms with Crippen molar-refractivity contribution in [2.45, 2.75) is 11.8 Å². The summed E-state index contributed by atoms with van der Waals surface area (Å²) in [4.78, 5) is 24.1. The molecule has 25 heavy (non-hydrogen) atoms. The highest BCUT2D eigenvalue weighted by atomic mass is 32.2. The zero-order valence-electron chi connectivity index (χ0n) is 14.3. The van der Waals surface area contributed by atoms with Crippen molar-refractivity contribution in [3.8, 4) is 11.5 Å². The number of ether oxygens (including phenoxy) is 2. The molecule has 2 amide bonds. The van der Waals surface area contributed by atoms with Gasteiger partial charge in [-0.2, -0.15) is 0 Å². The fourth-order valence-corrected chi connectivity index (χ4v) is 2.78. The first-order valence-corrected chi connectivity index (χ1v) is 8.52. The third kappa shape index (κ3) is 5.72. The molecule has 0 spiro atoms. The quantitative estimate of drug-likeness (QED) is 0.740. The first-order chi connectivity index (χ1) is 12.0. The van der Waals surface area contributed by atoms with E-state index in [-0.39, 0.29) is 17.6 Å². The molecule has 0 bridgehead atoms. The van der Waals surface area contributed by atoms with Crippen molar-refractivity contribution in [1.29, 1.82) is 0 Å². The van der Waals surface area contributed by atoms with Crippen LogP contribution in [0.25, 0.3) is 0 Å². The van der Waals surface area contributed by atoms with E-state index in [2.05, 4.69) is 10.6 Å². The van der Waals surface area contributed by atoms with E-state index in [1.54, 1.807) is 44.6 Å². The van der Waals surface area contributed by atoms with Gasteiger partial charge in [0.1, 0.15) is 11.5 Å². The zero-order valence-corrected chi connectivity index (χ0v) is 15.1. The maximum absolute atomic E-state index is 12.2. The molecule has 0 radical (unpaired) electrons. The van der Waals surface area contributed by atoms with E-state index in [1.165, 1.54) is 18.7 Å². The zero-order chi connectivity index (χ0) is 18.2. The van der Waals surface area contributed by atoms with Crippen LogP contribution < -0.4 is 20.1 Å². The number of hydrogen-bond donors (Lipinski definition) is 2. The van der Waals surface area contributed by atoms with Crippen molar-refractivity contribution in [1.82, 2.24) is 0 Å². The highest BCUT2D eigenvalue weighted by Gasteiger charge is 2.10. The molecule has 132 valence electrons. The summed E-state index contributed by atoms with van der Waals surface area (Å²) in [5, 5.41) is 5.52. The minimum absolute atomic E-state index is 0.119. The third-order valence-corrected chi connectivity index (χ3v) is 4.24. The van der Waals surface area contributed by atoms with Crippen LogP contribution in [-0.4, -0.2) is 31.8 Å². The second-order valence-corrected chi connectivity index (χ2v) is 6.16. The molecule has 0 aliphatic heterocycles. The van der Waals surface area contributed by atoms with Gasteiger partial charge in [-0.25, -0.2) is 0 Å². The number of carbonyl (C=O) groups is 2. The fourth-order valence-electron chi connectivity index (χ4n) is 2.08. The predicted octanol–water partition coefficient (Wildman–Crippen LogP) is 3.39. The van der Waals surface area contributed by atoms with Gasteiger partial charge in [0.05, 0.1) is 25.7 Å². The summed E-state index contributed by atoms with van der Waals surface area (Å²) >= 11 is 1.40. The molecule has 2 N–H and O–H groups in total. The predicted molar refractivity (Wildman–Crippen MR) is 99.6 cm³/mol. The van der Waals surface area contributed by atoms with Crippen molar-refractivity contribution in [2.75, 3.05) is 30.6 Å². The van der Waals surface area contributed by atoms with Crippen molar-refractivity contribution in [3.05, 3.63) is 42.5 Å². The Bertz CT molecular complexity index is 747. The van der Waals surface area contributed by atoms with Crippen LogP contribution in [-0.2, 0) is 9.59 Å². The Kier molecular flexibility index (Phi) is 6.71. The number of benzene rings is 2. The lowest BCUT2D eigenvalue weighted by Gasteiger charge is -2.11. The molecule has 0 saturated carbocycles. The number of nitrogens with one attached hydrogen (secondary N) is 2. The van der Waals surface area contributed by atoms with Crippen molar-refractivity contribution in [2.24, 2.45) is 0 Å². The average Bonchev–Trinajstić information content (AvgIpc) is 2.60. The maximum atomic E-state index is 12.2. The number of thioether (sulfide) groups is 1. The van der Waals surface area contributed by atoms with Gasteiger partial charge in [-0.1, -0.05) is 0 Å². The molecule has 7 heteroatoms. The standard InChI is InChI=1S/C18H20N2O4S/c1-12(21)19-13-4-7-15(8-5-13)25-11-18(22)20-16-10-14(23-2)6-9-17(16)24-3/h4-10H,11H2,1-3H3,(H,19,21)(H,20,22). The lowest BCUT2D eigenvalue weighted by atomic mass is 10.2. The molecule has 0 atom stereocenters. The number of carbonyl (C=O) groups excluding carboxylic acids is 2. The van der Waals surface area contributed by atoms with Gasteiger partial charge in [-0.05, 0) is 36.4 Å². The van der Waals surface area contributed by atoms with E-state index >= 15 is 0 Å². The second-order valence-electron chi connectivity index (χ2n) is 5.11. The van der Waals surface area contributed by atoms with Gasteiger partial charge in [0.15, 0.2) is 0 Å². The normalized spacial score (nSPS) is 10.0. The highest BCUT2D eigenvalue weighted by Crippen LogP contribution is 2.29. The fraction of sp³-hybridized carbons (Fsp3) is 0.222. The molecule has 0 fully saturated rings. The second kappa shape index (κ2) is 8.98. The van der Waals surface area contributed by atoms with E-state index < -0.39 is 0 Å². The summed E-state index contributed by atoms with van der Waals surface area (Å²) in [6.45, 7) is 1.46. The van der Waals surface area contributed by atoms with Gasteiger partial charge >= 0.3 is 0 Å². The molecule has 0 aliphatic rings. The first kappa shape index (κ1) is 18.7. The first-order valence-electron chi connectivity index (χ1n) is 7.54. The summed E-state index contributed by atoms with van der Waals surface area (Å²) in [5.41, 5.74) is 1.29. The summed E-state index contributed by atoms with van der Waals surface area (Å²) in [6, 6.07) is 12.5. The molecular weight excluding hydrogens is 340 g/mol. The Morgan fingerprint density at radius 1 is 1.00 bits per heavy atom. The summed E-state index contributed by atoms with van der Waals surface area (Å²) < 4.78 is 10.4. The lowest BCUT2D eigenvalue weighted by molar-refractivity contribution is -0.114. The Hall–Kier alpha value is -2.67. The van der Waals surface area contributed by atoms with Crippen LogP contribution in [0.15, 0.2) is 47.4 Å². The van der Waals surface area contributed by atoms with Crippen molar-refractivity contribution < 1.29 is 19.1 Å². The number of rotatable bonds is 7. The molecule has 0 aromatic heterocycles. The van der Waals surface area contributed by atoms with Gasteiger partial charge in [-0.15, -0.1) is 11.8 Å². The number of methoxy groups -OCH3 is 2. The molecule has 0 saturated heterocycles. The van der Waals surface area contributed by atoms with E-state index in [9.17, 15) is 9.59 Å². The Morgan fingerprint density at radius 2 is 1.72 bits per heavy atom. The monoisotopic (exact) mass is 360 g/mol. The maximum Gasteiger partial charge on any atom is 0.234 e. The molecule has 0 aliphatic carbocycles. The van der Waals surface area contributed by atoms with E-state index in [0.29, 0.717) is 17.2 Å². The highest BCUT2D eigenvalue weighted by molar-refractivity contribution is 8.00. The Balaban J connectivity index is 1.93. The smallest absolute Gasteiger partial charge is 0.234 e. The van der Waals surface area contributed by atoms with Crippen LogP contribution in [0, 0.1) is 0 Å². The van der Waals surface area contributed by atoms with Gasteiger partial charge in [0.25, 0.3) is 0 Å². The van der Waals surface area contributed by atoms with Crippen LogP contribution in [0.4, 0.5) is 11.4 Å². The van der Waals surface area contributed by atoms with E-state index in [1.807, 2.05) is 12.1 Å². The van der Waals surface area contributed by atoms with Gasteiger partial charge in [0.2, 0.25) is 11.8 Å². The van der Waals surface area contributed by atoms with Crippen LogP contribution in [0.1, 0.15) is 6.92 Å². The van der Waals surface area contributed by atoms with E-state index in [0.717, 1.165) is 10.6 Å². The van der Waals surface area contributed by atoms with Gasteiger partial charge in [-0.3, -0.25) is 9.59 Å². The SMILES string of the molecule is COc1ccc(OC)c(NC(=O)CSc2ccc(NC(C)=O)cc2)c1. The van der Waals surface area contributed by atoms with Crippen LogP contribution in [0.3, 0.4) is 0 Å². The van der Waals surface area contributed by atoms with Crippen LogP contribution >= 0.6 is 11.8 Å². The Labute approximate surface area is 150 Å². The molecule has 2 rings (SSSR count). The van der Waals surface area contributed by atoms with E-state index in [4.69, 9.17) is 9.47 Å². The van der Waals surface area contributed by atoms with Crippen molar-refractivity contribution >= 4 is 35.0 Å². The average molecular weight is 360 g/mol. The third-order valence-electron chi connectivity index (χ3n) is 3.23. The molecule has 6 nitrogen and oxygen atoms in total. The number of amides is 2.